The van der Waals surface area contributed by atoms with Crippen LogP contribution in [-0.2, 0) is 6.42 Å². The number of rotatable bonds is 11. The highest BCUT2D eigenvalue weighted by Gasteiger charge is 2.09. The Balaban J connectivity index is 0.00000272. The van der Waals surface area contributed by atoms with E-state index >= 15 is 0 Å². The molecule has 10 heteroatoms. The van der Waals surface area contributed by atoms with Crippen LogP contribution in [0.2, 0.25) is 5.15 Å². The summed E-state index contributed by atoms with van der Waals surface area (Å²) < 4.78 is 16.3. The number of H-pyrrole nitrogens is 1. The lowest BCUT2D eigenvalue weighted by Gasteiger charge is -2.14. The molecular weight excluding hydrogens is 489 g/mol. The van der Waals surface area contributed by atoms with Crippen LogP contribution < -0.4 is 19.5 Å². The zero-order valence-corrected chi connectivity index (χ0v) is 21.1. The van der Waals surface area contributed by atoms with E-state index in [4.69, 9.17) is 25.8 Å². The molecule has 0 fully saturated rings. The molecule has 0 radical (unpaired) electrons. The van der Waals surface area contributed by atoms with E-state index in [0.29, 0.717) is 34.8 Å². The molecular formula is C23H30Cl3N3O4. The van der Waals surface area contributed by atoms with Gasteiger partial charge in [0.2, 0.25) is 0 Å². The van der Waals surface area contributed by atoms with Crippen molar-refractivity contribution in [2.45, 2.75) is 19.4 Å². The van der Waals surface area contributed by atoms with Crippen LogP contribution in [0.1, 0.15) is 11.3 Å². The Hall–Kier alpha value is -2.16. The first-order valence-electron chi connectivity index (χ1n) is 10.0. The molecule has 33 heavy (non-hydrogen) atoms. The van der Waals surface area contributed by atoms with Gasteiger partial charge in [0.25, 0.3) is 0 Å². The van der Waals surface area contributed by atoms with Crippen molar-refractivity contribution in [2.24, 2.45) is 0 Å². The predicted octanol–water partition coefficient (Wildman–Crippen LogP) is 4.47. The van der Waals surface area contributed by atoms with Gasteiger partial charge in [-0.05, 0) is 61.9 Å². The van der Waals surface area contributed by atoms with Gasteiger partial charge in [0, 0.05) is 12.1 Å². The summed E-state index contributed by atoms with van der Waals surface area (Å²) in [5.74, 6) is 2.82. The van der Waals surface area contributed by atoms with Crippen LogP contribution in [0.25, 0.3) is 11.4 Å². The highest BCUT2D eigenvalue weighted by molar-refractivity contribution is 6.30. The van der Waals surface area contributed by atoms with Gasteiger partial charge in [0.05, 0.1) is 19.9 Å². The number of hydrogen-bond acceptors (Lipinski definition) is 6. The molecule has 0 bridgehead atoms. The number of aromatic nitrogens is 2. The second-order valence-corrected chi connectivity index (χ2v) is 7.50. The molecule has 1 heterocycles. The Bertz CT molecular complexity index is 964. The van der Waals surface area contributed by atoms with Crippen molar-refractivity contribution < 1.29 is 19.3 Å². The van der Waals surface area contributed by atoms with E-state index in [2.05, 4.69) is 15.3 Å². The molecule has 1 aromatic heterocycles. The molecule has 0 aliphatic carbocycles. The van der Waals surface area contributed by atoms with Gasteiger partial charge in [-0.1, -0.05) is 17.7 Å². The predicted molar refractivity (Wildman–Crippen MR) is 136 cm³/mol. The quantitative estimate of drug-likeness (QED) is 0.325. The molecule has 3 rings (SSSR count). The van der Waals surface area contributed by atoms with Gasteiger partial charge in [-0.25, -0.2) is 4.98 Å². The number of aromatic amines is 1. The van der Waals surface area contributed by atoms with E-state index in [0.717, 1.165) is 29.8 Å². The summed E-state index contributed by atoms with van der Waals surface area (Å²) in [5.41, 5.74) is 2.81. The number of nitrogens with zero attached hydrogens (tertiary/aromatic N) is 1. The number of methoxy groups -OCH3 is 2. The fraction of sp³-hybridized carbons (Fsp3) is 0.348. The molecule has 0 amide bonds. The number of imidazole rings is 1. The van der Waals surface area contributed by atoms with Gasteiger partial charge in [0.1, 0.15) is 29.4 Å². The average Bonchev–Trinajstić information content (AvgIpc) is 3.13. The summed E-state index contributed by atoms with van der Waals surface area (Å²) in [6, 6.07) is 13.3. The summed E-state index contributed by atoms with van der Waals surface area (Å²) in [6.07, 6.45) is 0.197. The molecule has 0 saturated carbocycles. The summed E-state index contributed by atoms with van der Waals surface area (Å²) in [4.78, 5) is 7.41. The number of hydrogen-bond donors (Lipinski definition) is 3. The van der Waals surface area contributed by atoms with Gasteiger partial charge in [-0.3, -0.25) is 0 Å². The van der Waals surface area contributed by atoms with Crippen molar-refractivity contribution in [1.82, 2.24) is 15.3 Å². The van der Waals surface area contributed by atoms with Gasteiger partial charge >= 0.3 is 0 Å². The minimum Gasteiger partial charge on any atom is -0.493 e. The fourth-order valence-corrected chi connectivity index (χ4v) is 3.21. The minimum atomic E-state index is -0.614. The lowest BCUT2D eigenvalue weighted by molar-refractivity contribution is 0.106. The van der Waals surface area contributed by atoms with Crippen LogP contribution in [0.15, 0.2) is 42.5 Å². The maximum Gasteiger partial charge on any atom is 0.160 e. The molecule has 1 atom stereocenters. The monoisotopic (exact) mass is 517 g/mol. The number of ether oxygens (including phenoxy) is 3. The van der Waals surface area contributed by atoms with Crippen molar-refractivity contribution in [2.75, 3.05) is 33.9 Å². The Morgan fingerprint density at radius 3 is 2.36 bits per heavy atom. The highest BCUT2D eigenvalue weighted by atomic mass is 35.5. The lowest BCUT2D eigenvalue weighted by atomic mass is 10.1. The van der Waals surface area contributed by atoms with Crippen LogP contribution in [0.3, 0.4) is 0 Å². The second-order valence-electron chi connectivity index (χ2n) is 7.12. The van der Waals surface area contributed by atoms with Crippen LogP contribution in [0.4, 0.5) is 0 Å². The third-order valence-electron chi connectivity index (χ3n) is 4.81. The maximum atomic E-state index is 10.2. The van der Waals surface area contributed by atoms with Gasteiger partial charge < -0.3 is 29.6 Å². The number of benzene rings is 2. The van der Waals surface area contributed by atoms with Crippen LogP contribution in [0.5, 0.6) is 17.2 Å². The third-order valence-corrected chi connectivity index (χ3v) is 5.18. The molecule has 0 aliphatic heterocycles. The summed E-state index contributed by atoms with van der Waals surface area (Å²) in [7, 11) is 3.24. The first-order valence-corrected chi connectivity index (χ1v) is 10.4. The highest BCUT2D eigenvalue weighted by Crippen LogP contribution is 2.27. The van der Waals surface area contributed by atoms with Crippen molar-refractivity contribution >= 4 is 36.4 Å². The van der Waals surface area contributed by atoms with E-state index in [1.165, 1.54) is 0 Å². The van der Waals surface area contributed by atoms with Gasteiger partial charge in [-0.2, -0.15) is 0 Å². The van der Waals surface area contributed by atoms with Crippen LogP contribution >= 0.6 is 36.4 Å². The normalized spacial score (nSPS) is 11.2. The third kappa shape index (κ3) is 8.28. The summed E-state index contributed by atoms with van der Waals surface area (Å²) in [5, 5.41) is 14.0. The largest absolute Gasteiger partial charge is 0.493 e. The lowest BCUT2D eigenvalue weighted by Crippen LogP contribution is -2.32. The summed E-state index contributed by atoms with van der Waals surface area (Å²) >= 11 is 6.02. The number of halogens is 3. The van der Waals surface area contributed by atoms with E-state index in [1.54, 1.807) is 14.2 Å². The van der Waals surface area contributed by atoms with E-state index in [1.807, 2.05) is 49.4 Å². The van der Waals surface area contributed by atoms with Crippen molar-refractivity contribution in [1.29, 1.82) is 0 Å². The molecule has 0 aliphatic rings. The minimum absolute atomic E-state index is 0. The Morgan fingerprint density at radius 2 is 1.76 bits per heavy atom. The number of aliphatic hydroxyl groups is 1. The summed E-state index contributed by atoms with van der Waals surface area (Å²) in [6.45, 7) is 3.22. The standard InChI is InChI=1S/C23H28ClN3O4.2ClH/c1-15-22(24)27-23(26-15)17-5-7-19(8-6-17)31-14-18(28)13-25-11-10-16-4-9-20(29-2)21(12-16)30-3;;/h4-9,12,18,25,28H,10-11,13-14H2,1-3H3,(H,26,27);2*1H. The zero-order valence-electron chi connectivity index (χ0n) is 18.8. The van der Waals surface area contributed by atoms with Crippen molar-refractivity contribution in [3.63, 3.8) is 0 Å². The Labute approximate surface area is 211 Å². The van der Waals surface area contributed by atoms with Crippen molar-refractivity contribution in [3.05, 3.63) is 58.9 Å². The van der Waals surface area contributed by atoms with E-state index in [-0.39, 0.29) is 31.4 Å². The molecule has 3 N–H and O–H groups in total. The molecule has 0 spiro atoms. The smallest absolute Gasteiger partial charge is 0.160 e. The Kier molecular flexibility index (Phi) is 12.4. The Morgan fingerprint density at radius 1 is 1.06 bits per heavy atom. The van der Waals surface area contributed by atoms with E-state index in [9.17, 15) is 5.11 Å². The number of nitrogens with one attached hydrogen (secondary N) is 2. The molecule has 0 saturated heterocycles. The second kappa shape index (κ2) is 14.2. The SMILES string of the molecule is COc1ccc(CCNCC(O)COc2ccc(-c3nc(C)c(Cl)[nH]3)cc2)cc1OC.Cl.Cl. The van der Waals surface area contributed by atoms with Gasteiger partial charge in [-0.15, -0.1) is 24.8 Å². The van der Waals surface area contributed by atoms with Crippen LogP contribution in [0, 0.1) is 6.92 Å². The zero-order chi connectivity index (χ0) is 22.2. The van der Waals surface area contributed by atoms with Crippen molar-refractivity contribution in [3.8, 4) is 28.6 Å². The fourth-order valence-electron chi connectivity index (χ4n) is 3.07. The van der Waals surface area contributed by atoms with Crippen LogP contribution in [-0.4, -0.2) is 55.1 Å². The number of aryl methyl sites for hydroxylation is 1. The molecule has 2 aromatic carbocycles. The first kappa shape index (κ1) is 28.9. The molecule has 182 valence electrons. The first-order chi connectivity index (χ1) is 15.0. The number of aliphatic hydroxyl groups excluding tert-OH is 1. The maximum absolute atomic E-state index is 10.2. The molecule has 1 unspecified atom stereocenters. The average molecular weight is 519 g/mol. The molecule has 3 aromatic rings. The molecule has 7 nitrogen and oxygen atoms in total. The topological polar surface area (TPSA) is 88.6 Å². The van der Waals surface area contributed by atoms with E-state index < -0.39 is 6.10 Å². The van der Waals surface area contributed by atoms with Gasteiger partial charge in [0.15, 0.2) is 11.5 Å².